The van der Waals surface area contributed by atoms with Crippen molar-refractivity contribution in [3.8, 4) is 40.1 Å². The van der Waals surface area contributed by atoms with Gasteiger partial charge in [0, 0.05) is 18.2 Å². The molecule has 1 atom stereocenters. The van der Waals surface area contributed by atoms with Crippen molar-refractivity contribution < 1.29 is 34.4 Å². The minimum absolute atomic E-state index is 0.0391. The molecule has 1 saturated heterocycles. The zero-order valence-corrected chi connectivity index (χ0v) is 14.7. The van der Waals surface area contributed by atoms with Gasteiger partial charge in [0.2, 0.25) is 5.75 Å². The van der Waals surface area contributed by atoms with Crippen LogP contribution in [0.2, 0.25) is 0 Å². The van der Waals surface area contributed by atoms with Crippen LogP contribution in [0.5, 0.6) is 28.7 Å². The maximum absolute atomic E-state index is 12.5. The van der Waals surface area contributed by atoms with E-state index in [1.54, 1.807) is 0 Å². The molecule has 0 amide bonds. The number of nitrogens with one attached hydrogen (secondary N) is 1. The number of aromatic hydroxyl groups is 4. The van der Waals surface area contributed by atoms with Crippen LogP contribution in [0.3, 0.4) is 0 Å². The van der Waals surface area contributed by atoms with E-state index in [0.29, 0.717) is 12.0 Å². The van der Waals surface area contributed by atoms with Gasteiger partial charge in [-0.1, -0.05) is 0 Å². The molecule has 0 spiro atoms. The zero-order chi connectivity index (χ0) is 19.8. The van der Waals surface area contributed by atoms with Crippen molar-refractivity contribution in [2.24, 2.45) is 0 Å². The molecule has 28 heavy (non-hydrogen) atoms. The Balaban J connectivity index is 1.86. The third kappa shape index (κ3) is 3.25. The summed E-state index contributed by atoms with van der Waals surface area (Å²) in [5.74, 6) is -1.48. The average molecular weight is 384 g/mol. The van der Waals surface area contributed by atoms with E-state index in [1.807, 2.05) is 0 Å². The summed E-state index contributed by atoms with van der Waals surface area (Å²) in [6, 6.07) is 7.46. The lowest BCUT2D eigenvalue weighted by Crippen LogP contribution is -2.34. The Morgan fingerprint density at radius 1 is 1.04 bits per heavy atom. The Hall–Kier alpha value is -3.52. The van der Waals surface area contributed by atoms with Crippen LogP contribution in [-0.4, -0.2) is 39.0 Å². The maximum atomic E-state index is 12.5. The second kappa shape index (κ2) is 6.90. The molecule has 0 radical (unpaired) electrons. The van der Waals surface area contributed by atoms with Gasteiger partial charge in [0.15, 0.2) is 11.5 Å². The Labute approximate surface area is 159 Å². The van der Waals surface area contributed by atoms with Crippen molar-refractivity contribution >= 4 is 16.9 Å². The molecule has 0 unspecified atom stereocenters. The minimum Gasteiger partial charge on any atom is -0.507 e. The molecule has 1 aliphatic heterocycles. The van der Waals surface area contributed by atoms with E-state index in [2.05, 4.69) is 5.32 Å². The van der Waals surface area contributed by atoms with Gasteiger partial charge in [-0.15, -0.1) is 0 Å². The van der Waals surface area contributed by atoms with Gasteiger partial charge in [-0.2, -0.15) is 0 Å². The van der Waals surface area contributed by atoms with Crippen molar-refractivity contribution in [1.29, 1.82) is 0 Å². The Morgan fingerprint density at radius 2 is 1.86 bits per heavy atom. The van der Waals surface area contributed by atoms with E-state index in [-0.39, 0.29) is 45.5 Å². The molecule has 1 aromatic heterocycles. The summed E-state index contributed by atoms with van der Waals surface area (Å²) in [7, 11) is 0. The molecular formula is C20H18NO7+. The average Bonchev–Trinajstić information content (AvgIpc) is 3.19. The maximum Gasteiger partial charge on any atom is 0.403 e. The Bertz CT molecular complexity index is 1070. The van der Waals surface area contributed by atoms with E-state index >= 15 is 0 Å². The predicted octanol–water partition coefficient (Wildman–Crippen LogP) is 2.86. The topological polar surface area (TPSA) is 131 Å². The van der Waals surface area contributed by atoms with Crippen LogP contribution in [0.25, 0.3) is 22.3 Å². The molecular weight excluding hydrogens is 366 g/mol. The summed E-state index contributed by atoms with van der Waals surface area (Å²) in [6.45, 7) is 0.723. The van der Waals surface area contributed by atoms with E-state index in [1.165, 1.54) is 30.3 Å². The summed E-state index contributed by atoms with van der Waals surface area (Å²) >= 11 is 0. The Morgan fingerprint density at radius 3 is 2.57 bits per heavy atom. The van der Waals surface area contributed by atoms with Crippen LogP contribution in [0.15, 0.2) is 40.8 Å². The molecule has 2 heterocycles. The lowest BCUT2D eigenvalue weighted by molar-refractivity contribution is -0.136. The van der Waals surface area contributed by atoms with Crippen LogP contribution in [0.4, 0.5) is 0 Å². The number of carbonyl (C=O) groups is 1. The van der Waals surface area contributed by atoms with Crippen LogP contribution in [0, 0.1) is 0 Å². The number of phenols is 4. The second-order valence-electron chi connectivity index (χ2n) is 6.59. The number of ether oxygens (including phenoxy) is 1. The van der Waals surface area contributed by atoms with Crippen molar-refractivity contribution in [3.63, 3.8) is 0 Å². The number of esters is 1. The molecule has 1 aliphatic rings. The van der Waals surface area contributed by atoms with Gasteiger partial charge in [0.25, 0.3) is 0 Å². The summed E-state index contributed by atoms with van der Waals surface area (Å²) in [5, 5.41) is 42.5. The van der Waals surface area contributed by atoms with E-state index in [0.717, 1.165) is 19.0 Å². The highest BCUT2D eigenvalue weighted by Gasteiger charge is 2.31. The molecule has 2 aromatic carbocycles. The minimum atomic E-state index is -0.491. The molecule has 5 N–H and O–H groups in total. The first-order chi connectivity index (χ1) is 13.4. The van der Waals surface area contributed by atoms with Crippen LogP contribution >= 0.6 is 0 Å². The van der Waals surface area contributed by atoms with E-state index in [9.17, 15) is 25.2 Å². The largest absolute Gasteiger partial charge is 0.507 e. The lowest BCUT2D eigenvalue weighted by Gasteiger charge is -2.10. The first-order valence-electron chi connectivity index (χ1n) is 8.72. The normalized spacial score (nSPS) is 16.4. The number of carbonyl (C=O) groups excluding carboxylic acids is 1. The summed E-state index contributed by atoms with van der Waals surface area (Å²) < 4.78 is 11.3. The fraction of sp³-hybridized carbons (Fsp3) is 0.200. The summed E-state index contributed by atoms with van der Waals surface area (Å²) in [6.07, 6.45) is 1.51. The molecule has 0 saturated carbocycles. The molecule has 0 bridgehead atoms. The fourth-order valence-electron chi connectivity index (χ4n) is 3.19. The first kappa shape index (κ1) is 17.9. The van der Waals surface area contributed by atoms with Gasteiger partial charge in [-0.05, 0) is 31.5 Å². The van der Waals surface area contributed by atoms with Gasteiger partial charge in [0.1, 0.15) is 22.9 Å². The third-order valence-electron chi connectivity index (χ3n) is 4.61. The number of hydrogen-bond donors (Lipinski definition) is 5. The second-order valence-corrected chi connectivity index (χ2v) is 6.59. The number of benzene rings is 2. The zero-order valence-electron chi connectivity index (χ0n) is 14.7. The van der Waals surface area contributed by atoms with Crippen LogP contribution < -0.4 is 10.1 Å². The number of fused-ring (bicyclic) bond motifs is 1. The van der Waals surface area contributed by atoms with Gasteiger partial charge >= 0.3 is 17.3 Å². The highest BCUT2D eigenvalue weighted by atomic mass is 16.5. The molecule has 3 aromatic rings. The van der Waals surface area contributed by atoms with Gasteiger partial charge in [0.05, 0.1) is 11.6 Å². The molecule has 4 rings (SSSR count). The number of rotatable bonds is 3. The van der Waals surface area contributed by atoms with Gasteiger partial charge < -0.3 is 30.5 Å². The standard InChI is InChI=1S/C20H17NO7/c22-11-7-15(24)12-9-18(28-20(26)13-2-1-5-21-13)19(27-17(12)8-11)10-3-4-14(23)16(25)6-10/h3-4,6-9,13,21H,1-2,5H2,(H3-,22,23,24,25)/p+1/t13-/m0/s1. The summed E-state index contributed by atoms with van der Waals surface area (Å²) in [5.41, 5.74) is 0.487. The lowest BCUT2D eigenvalue weighted by atomic mass is 10.1. The molecule has 144 valence electrons. The summed E-state index contributed by atoms with van der Waals surface area (Å²) in [4.78, 5) is 12.5. The number of hydrogen-bond acceptors (Lipinski definition) is 7. The third-order valence-corrected chi connectivity index (χ3v) is 4.61. The van der Waals surface area contributed by atoms with Crippen LogP contribution in [-0.2, 0) is 4.79 Å². The van der Waals surface area contributed by atoms with E-state index in [4.69, 9.17) is 9.15 Å². The van der Waals surface area contributed by atoms with Crippen molar-refractivity contribution in [2.45, 2.75) is 18.9 Å². The molecule has 1 fully saturated rings. The predicted molar refractivity (Wildman–Crippen MR) is 99.4 cm³/mol. The van der Waals surface area contributed by atoms with Crippen molar-refractivity contribution in [2.75, 3.05) is 6.54 Å². The molecule has 0 aliphatic carbocycles. The first-order valence-corrected chi connectivity index (χ1v) is 8.72. The van der Waals surface area contributed by atoms with Crippen LogP contribution in [0.1, 0.15) is 12.8 Å². The Kier molecular flexibility index (Phi) is 4.40. The molecule has 8 heteroatoms. The van der Waals surface area contributed by atoms with Gasteiger partial charge in [-0.3, -0.25) is 0 Å². The van der Waals surface area contributed by atoms with Gasteiger partial charge in [-0.25, -0.2) is 9.21 Å². The quantitative estimate of drug-likeness (QED) is 0.265. The molecule has 8 nitrogen and oxygen atoms in total. The number of phenolic OH excluding ortho intramolecular Hbond substituents is 4. The highest BCUT2D eigenvalue weighted by Crippen LogP contribution is 2.41. The fourth-order valence-corrected chi connectivity index (χ4v) is 3.19. The smallest absolute Gasteiger partial charge is 0.403 e. The SMILES string of the molecule is O=C(Oc1cc2c(O)cc(O)cc2[o+]c1-c1ccc(O)c(O)c1)[C@@H]1CCCN1. The van der Waals surface area contributed by atoms with Crippen molar-refractivity contribution in [1.82, 2.24) is 5.32 Å². The van der Waals surface area contributed by atoms with Crippen molar-refractivity contribution in [3.05, 3.63) is 36.4 Å². The van der Waals surface area contributed by atoms with E-state index < -0.39 is 12.0 Å². The monoisotopic (exact) mass is 384 g/mol. The highest BCUT2D eigenvalue weighted by molar-refractivity contribution is 5.90.